The molecular formula is C16H15FO2. The smallest absolute Gasteiger partial charge is 0.127 e. The number of halogens is 1. The number of aliphatic hydroxyl groups excluding tert-OH is 1. The third kappa shape index (κ3) is 2.34. The molecule has 0 aliphatic carbocycles. The van der Waals surface area contributed by atoms with Crippen LogP contribution in [-0.2, 0) is 0 Å². The zero-order valence-electron chi connectivity index (χ0n) is 10.6. The second kappa shape index (κ2) is 4.67. The van der Waals surface area contributed by atoms with Crippen LogP contribution >= 0.6 is 0 Å². The summed E-state index contributed by atoms with van der Waals surface area (Å²) in [5.41, 5.74) is 2.66. The van der Waals surface area contributed by atoms with Gasteiger partial charge in [-0.2, -0.15) is 0 Å². The van der Waals surface area contributed by atoms with Gasteiger partial charge in [-0.05, 0) is 36.8 Å². The molecule has 2 aromatic carbocycles. The van der Waals surface area contributed by atoms with Crippen LogP contribution in [0.2, 0.25) is 0 Å². The molecule has 0 radical (unpaired) electrons. The van der Waals surface area contributed by atoms with Crippen molar-refractivity contribution in [2.75, 3.05) is 0 Å². The van der Waals surface area contributed by atoms with Crippen molar-refractivity contribution in [1.29, 1.82) is 0 Å². The summed E-state index contributed by atoms with van der Waals surface area (Å²) in [6.07, 6.45) is -0.433. The molecule has 2 atom stereocenters. The van der Waals surface area contributed by atoms with Crippen LogP contribution in [0.1, 0.15) is 35.3 Å². The van der Waals surface area contributed by atoms with Gasteiger partial charge in [0, 0.05) is 12.0 Å². The number of aryl methyl sites for hydroxylation is 1. The predicted octanol–water partition coefficient (Wildman–Crippen LogP) is 3.69. The summed E-state index contributed by atoms with van der Waals surface area (Å²) in [6, 6.07) is 12.1. The first-order valence-corrected chi connectivity index (χ1v) is 6.34. The molecule has 3 rings (SSSR count). The van der Waals surface area contributed by atoms with Crippen molar-refractivity contribution in [1.82, 2.24) is 0 Å². The highest BCUT2D eigenvalue weighted by atomic mass is 19.1. The molecule has 0 fully saturated rings. The molecule has 0 saturated heterocycles. The van der Waals surface area contributed by atoms with E-state index in [0.29, 0.717) is 12.2 Å². The highest BCUT2D eigenvalue weighted by Crippen LogP contribution is 2.41. The fourth-order valence-electron chi connectivity index (χ4n) is 2.48. The first-order chi connectivity index (χ1) is 9.13. The number of fused-ring (bicyclic) bond motifs is 1. The Morgan fingerprint density at radius 3 is 2.84 bits per heavy atom. The summed E-state index contributed by atoms with van der Waals surface area (Å²) in [7, 11) is 0. The van der Waals surface area contributed by atoms with Crippen LogP contribution in [0.15, 0.2) is 42.5 Å². The fraction of sp³-hybridized carbons (Fsp3) is 0.250. The van der Waals surface area contributed by atoms with Crippen molar-refractivity contribution in [3.8, 4) is 5.75 Å². The normalized spacial score (nSPS) is 21.6. The number of ether oxygens (including phenoxy) is 1. The number of benzene rings is 2. The van der Waals surface area contributed by atoms with E-state index in [0.717, 1.165) is 16.7 Å². The van der Waals surface area contributed by atoms with Crippen molar-refractivity contribution in [3.05, 3.63) is 65.0 Å². The summed E-state index contributed by atoms with van der Waals surface area (Å²) in [5, 5.41) is 10.2. The lowest BCUT2D eigenvalue weighted by Gasteiger charge is -2.30. The lowest BCUT2D eigenvalue weighted by atomic mass is 9.94. The lowest BCUT2D eigenvalue weighted by molar-refractivity contribution is 0.0655. The zero-order chi connectivity index (χ0) is 13.4. The number of hydrogen-bond donors (Lipinski definition) is 1. The van der Waals surface area contributed by atoms with Gasteiger partial charge >= 0.3 is 0 Å². The molecule has 98 valence electrons. The minimum absolute atomic E-state index is 0.287. The Balaban J connectivity index is 1.95. The van der Waals surface area contributed by atoms with Crippen LogP contribution in [0.3, 0.4) is 0 Å². The standard InChI is InChI=1S/C16H15FO2/c1-10-5-6-15-13(7-10)14(18)9-16(19-15)11-3-2-4-12(17)8-11/h2-8,14,16,18H,9H2,1H3/t14-,16?/m1/s1. The Labute approximate surface area is 111 Å². The van der Waals surface area contributed by atoms with E-state index in [-0.39, 0.29) is 11.9 Å². The second-order valence-corrected chi connectivity index (χ2v) is 4.95. The maximum absolute atomic E-state index is 13.3. The molecule has 0 spiro atoms. The molecule has 1 heterocycles. The van der Waals surface area contributed by atoms with E-state index in [2.05, 4.69) is 0 Å². The highest BCUT2D eigenvalue weighted by molar-refractivity contribution is 5.41. The van der Waals surface area contributed by atoms with E-state index >= 15 is 0 Å². The Morgan fingerprint density at radius 2 is 2.05 bits per heavy atom. The van der Waals surface area contributed by atoms with Crippen molar-refractivity contribution < 1.29 is 14.2 Å². The maximum atomic E-state index is 13.3. The van der Waals surface area contributed by atoms with E-state index in [1.807, 2.05) is 31.2 Å². The monoisotopic (exact) mass is 258 g/mol. The molecule has 2 aromatic rings. The van der Waals surface area contributed by atoms with E-state index < -0.39 is 6.10 Å². The van der Waals surface area contributed by atoms with Crippen LogP contribution in [0, 0.1) is 12.7 Å². The van der Waals surface area contributed by atoms with Crippen molar-refractivity contribution in [2.24, 2.45) is 0 Å². The lowest BCUT2D eigenvalue weighted by Crippen LogP contribution is -2.19. The second-order valence-electron chi connectivity index (χ2n) is 4.95. The summed E-state index contributed by atoms with van der Waals surface area (Å²) in [4.78, 5) is 0. The average Bonchev–Trinajstić information content (AvgIpc) is 2.39. The van der Waals surface area contributed by atoms with Crippen molar-refractivity contribution in [2.45, 2.75) is 25.6 Å². The molecule has 2 nitrogen and oxygen atoms in total. The maximum Gasteiger partial charge on any atom is 0.127 e. The van der Waals surface area contributed by atoms with Crippen molar-refractivity contribution in [3.63, 3.8) is 0 Å². The van der Waals surface area contributed by atoms with Gasteiger partial charge < -0.3 is 9.84 Å². The SMILES string of the molecule is Cc1ccc2c(c1)[C@H](O)CC(c1cccc(F)c1)O2. The number of rotatable bonds is 1. The van der Waals surface area contributed by atoms with Crippen LogP contribution < -0.4 is 4.74 Å². The number of aliphatic hydroxyl groups is 1. The molecule has 0 saturated carbocycles. The van der Waals surface area contributed by atoms with Crippen molar-refractivity contribution >= 4 is 0 Å². The molecule has 1 N–H and O–H groups in total. The minimum Gasteiger partial charge on any atom is -0.485 e. The molecule has 0 bridgehead atoms. The van der Waals surface area contributed by atoms with Crippen LogP contribution in [0.5, 0.6) is 5.75 Å². The largest absolute Gasteiger partial charge is 0.485 e. The Morgan fingerprint density at radius 1 is 1.21 bits per heavy atom. The van der Waals surface area contributed by atoms with Gasteiger partial charge in [-0.3, -0.25) is 0 Å². The van der Waals surface area contributed by atoms with Gasteiger partial charge in [-0.25, -0.2) is 4.39 Å². The summed E-state index contributed by atoms with van der Waals surface area (Å²) < 4.78 is 19.1. The summed E-state index contributed by atoms with van der Waals surface area (Å²) >= 11 is 0. The molecule has 0 aromatic heterocycles. The molecular weight excluding hydrogens is 243 g/mol. The number of hydrogen-bond acceptors (Lipinski definition) is 2. The minimum atomic E-state index is -0.572. The first kappa shape index (κ1) is 12.2. The Hall–Kier alpha value is -1.87. The van der Waals surface area contributed by atoms with Crippen LogP contribution in [0.4, 0.5) is 4.39 Å². The summed E-state index contributed by atoms with van der Waals surface area (Å²) in [5.74, 6) is 0.393. The summed E-state index contributed by atoms with van der Waals surface area (Å²) in [6.45, 7) is 1.98. The molecule has 3 heteroatoms. The molecule has 1 unspecified atom stereocenters. The van der Waals surface area contributed by atoms with E-state index in [9.17, 15) is 9.50 Å². The quantitative estimate of drug-likeness (QED) is 0.845. The fourth-order valence-corrected chi connectivity index (χ4v) is 2.48. The Bertz CT molecular complexity index is 609. The molecule has 19 heavy (non-hydrogen) atoms. The highest BCUT2D eigenvalue weighted by Gasteiger charge is 2.28. The van der Waals surface area contributed by atoms with E-state index in [1.165, 1.54) is 12.1 Å². The molecule has 0 amide bonds. The Kier molecular flexibility index (Phi) is 2.99. The van der Waals surface area contributed by atoms with Gasteiger partial charge in [0.2, 0.25) is 0 Å². The van der Waals surface area contributed by atoms with Gasteiger partial charge in [0.15, 0.2) is 0 Å². The molecule has 1 aliphatic rings. The average molecular weight is 258 g/mol. The van der Waals surface area contributed by atoms with Gasteiger partial charge in [0.05, 0.1) is 6.10 Å². The van der Waals surface area contributed by atoms with Gasteiger partial charge in [-0.1, -0.05) is 23.8 Å². The first-order valence-electron chi connectivity index (χ1n) is 6.34. The third-order valence-electron chi connectivity index (χ3n) is 3.45. The van der Waals surface area contributed by atoms with Gasteiger partial charge in [0.1, 0.15) is 17.7 Å². The van der Waals surface area contributed by atoms with Crippen LogP contribution in [0.25, 0.3) is 0 Å². The zero-order valence-corrected chi connectivity index (χ0v) is 10.6. The van der Waals surface area contributed by atoms with E-state index in [4.69, 9.17) is 4.74 Å². The van der Waals surface area contributed by atoms with E-state index in [1.54, 1.807) is 6.07 Å². The third-order valence-corrected chi connectivity index (χ3v) is 3.45. The van der Waals surface area contributed by atoms with Gasteiger partial charge in [-0.15, -0.1) is 0 Å². The topological polar surface area (TPSA) is 29.5 Å². The van der Waals surface area contributed by atoms with Crippen LogP contribution in [-0.4, -0.2) is 5.11 Å². The van der Waals surface area contributed by atoms with Gasteiger partial charge in [0.25, 0.3) is 0 Å². The predicted molar refractivity (Wildman–Crippen MR) is 70.5 cm³/mol. The molecule has 1 aliphatic heterocycles.